The van der Waals surface area contributed by atoms with E-state index >= 15 is 0 Å². The minimum atomic E-state index is -0.455. The zero-order valence-corrected chi connectivity index (χ0v) is 12.7. The van der Waals surface area contributed by atoms with Crippen molar-refractivity contribution in [3.8, 4) is 22.8 Å². The van der Waals surface area contributed by atoms with Crippen LogP contribution in [0.5, 0.6) is 11.5 Å². The molecular formula is C16H11BrO4. The van der Waals surface area contributed by atoms with Gasteiger partial charge in [-0.3, -0.25) is 4.79 Å². The Hall–Kier alpha value is -2.27. The third-order valence-corrected chi connectivity index (χ3v) is 3.67. The Kier molecular flexibility index (Phi) is 3.43. The number of methoxy groups -OCH3 is 1. The first-order valence-electron chi connectivity index (χ1n) is 6.20. The Morgan fingerprint density at radius 2 is 1.86 bits per heavy atom. The molecular weight excluding hydrogens is 336 g/mol. The fourth-order valence-electron chi connectivity index (χ4n) is 2.10. The second kappa shape index (κ2) is 5.26. The lowest BCUT2D eigenvalue weighted by molar-refractivity contribution is 0.414. The summed E-state index contributed by atoms with van der Waals surface area (Å²) in [6.45, 7) is 0. The summed E-state index contributed by atoms with van der Waals surface area (Å²) in [6, 6.07) is 12.0. The maximum absolute atomic E-state index is 12.2. The molecule has 0 saturated heterocycles. The van der Waals surface area contributed by atoms with Gasteiger partial charge in [-0.25, -0.2) is 0 Å². The average molecular weight is 347 g/mol. The number of aromatic hydroxyl groups is 1. The molecule has 0 aliphatic carbocycles. The van der Waals surface area contributed by atoms with Gasteiger partial charge in [-0.05, 0) is 42.5 Å². The Labute approximate surface area is 128 Å². The van der Waals surface area contributed by atoms with Gasteiger partial charge in [0.05, 0.1) is 12.5 Å². The predicted octanol–water partition coefficient (Wildman–Crippen LogP) is 3.94. The minimum Gasteiger partial charge on any atom is -0.502 e. The van der Waals surface area contributed by atoms with E-state index in [9.17, 15) is 9.90 Å². The lowest BCUT2D eigenvalue weighted by Gasteiger charge is -2.07. The Bertz CT molecular complexity index is 866. The summed E-state index contributed by atoms with van der Waals surface area (Å²) in [4.78, 5) is 12.2. The molecule has 1 aromatic heterocycles. The van der Waals surface area contributed by atoms with Crippen molar-refractivity contribution in [2.24, 2.45) is 0 Å². The van der Waals surface area contributed by atoms with Gasteiger partial charge in [0, 0.05) is 10.0 Å². The van der Waals surface area contributed by atoms with Gasteiger partial charge in [-0.1, -0.05) is 15.9 Å². The van der Waals surface area contributed by atoms with Gasteiger partial charge in [0.25, 0.3) is 0 Å². The molecule has 0 atom stereocenters. The van der Waals surface area contributed by atoms with E-state index in [1.807, 2.05) is 0 Å². The van der Waals surface area contributed by atoms with Crippen molar-refractivity contribution in [3.63, 3.8) is 0 Å². The highest BCUT2D eigenvalue weighted by molar-refractivity contribution is 9.10. The number of halogens is 1. The molecule has 21 heavy (non-hydrogen) atoms. The fraction of sp³-hybridized carbons (Fsp3) is 0.0625. The monoisotopic (exact) mass is 346 g/mol. The molecule has 1 heterocycles. The molecule has 0 saturated carbocycles. The van der Waals surface area contributed by atoms with Gasteiger partial charge in [-0.15, -0.1) is 0 Å². The van der Waals surface area contributed by atoms with Crippen LogP contribution >= 0.6 is 15.9 Å². The number of benzene rings is 2. The van der Waals surface area contributed by atoms with Crippen LogP contribution < -0.4 is 10.2 Å². The Balaban J connectivity index is 2.25. The van der Waals surface area contributed by atoms with Crippen LogP contribution in [-0.2, 0) is 0 Å². The van der Waals surface area contributed by atoms with Gasteiger partial charge >= 0.3 is 0 Å². The van der Waals surface area contributed by atoms with Crippen LogP contribution in [0.3, 0.4) is 0 Å². The van der Waals surface area contributed by atoms with Crippen molar-refractivity contribution in [1.82, 2.24) is 0 Å². The van der Waals surface area contributed by atoms with Crippen LogP contribution in [0, 0.1) is 0 Å². The number of ether oxygens (including phenoxy) is 1. The summed E-state index contributed by atoms with van der Waals surface area (Å²) < 4.78 is 11.5. The predicted molar refractivity (Wildman–Crippen MR) is 83.8 cm³/mol. The summed E-state index contributed by atoms with van der Waals surface area (Å²) in [6.07, 6.45) is 0. The summed E-state index contributed by atoms with van der Waals surface area (Å²) >= 11 is 3.29. The third-order valence-electron chi connectivity index (χ3n) is 3.18. The number of hydrogen-bond acceptors (Lipinski definition) is 4. The maximum Gasteiger partial charge on any atom is 0.235 e. The maximum atomic E-state index is 12.2. The van der Waals surface area contributed by atoms with Gasteiger partial charge in [-0.2, -0.15) is 0 Å². The Morgan fingerprint density at radius 3 is 2.52 bits per heavy atom. The van der Waals surface area contributed by atoms with Gasteiger partial charge < -0.3 is 14.3 Å². The van der Waals surface area contributed by atoms with Gasteiger partial charge in [0.15, 0.2) is 5.76 Å². The van der Waals surface area contributed by atoms with Crippen LogP contribution in [0.1, 0.15) is 0 Å². The van der Waals surface area contributed by atoms with Crippen LogP contribution in [0.4, 0.5) is 0 Å². The quantitative estimate of drug-likeness (QED) is 0.763. The summed E-state index contributed by atoms with van der Waals surface area (Å²) in [5.41, 5.74) is 0.574. The van der Waals surface area contributed by atoms with E-state index in [1.165, 1.54) is 0 Å². The molecule has 3 rings (SSSR count). The summed E-state index contributed by atoms with van der Waals surface area (Å²) in [5, 5.41) is 10.4. The highest BCUT2D eigenvalue weighted by Gasteiger charge is 2.15. The molecule has 0 bridgehead atoms. The van der Waals surface area contributed by atoms with Crippen LogP contribution in [0.2, 0.25) is 0 Å². The number of hydrogen-bond donors (Lipinski definition) is 1. The lowest BCUT2D eigenvalue weighted by Crippen LogP contribution is -2.02. The molecule has 5 heteroatoms. The van der Waals surface area contributed by atoms with Crippen molar-refractivity contribution in [1.29, 1.82) is 0 Å². The minimum absolute atomic E-state index is 0.150. The molecule has 0 spiro atoms. The van der Waals surface area contributed by atoms with E-state index < -0.39 is 11.2 Å². The van der Waals surface area contributed by atoms with Crippen molar-refractivity contribution in [3.05, 3.63) is 57.2 Å². The van der Waals surface area contributed by atoms with E-state index in [0.29, 0.717) is 22.3 Å². The fourth-order valence-corrected chi connectivity index (χ4v) is 2.46. The highest BCUT2D eigenvalue weighted by Crippen LogP contribution is 2.31. The zero-order chi connectivity index (χ0) is 15.0. The van der Waals surface area contributed by atoms with E-state index in [1.54, 1.807) is 49.6 Å². The normalized spacial score (nSPS) is 10.8. The SMILES string of the molecule is COc1ccc(-c2oc3ccc(Br)cc3c(=O)c2O)cc1. The number of rotatable bonds is 2. The van der Waals surface area contributed by atoms with E-state index in [-0.39, 0.29) is 5.76 Å². The Morgan fingerprint density at radius 1 is 1.14 bits per heavy atom. The van der Waals surface area contributed by atoms with Crippen LogP contribution in [0.15, 0.2) is 56.1 Å². The smallest absolute Gasteiger partial charge is 0.235 e. The van der Waals surface area contributed by atoms with Gasteiger partial charge in [0.1, 0.15) is 11.3 Å². The molecule has 0 amide bonds. The zero-order valence-electron chi connectivity index (χ0n) is 11.1. The van der Waals surface area contributed by atoms with Crippen LogP contribution in [0.25, 0.3) is 22.3 Å². The number of fused-ring (bicyclic) bond motifs is 1. The van der Waals surface area contributed by atoms with E-state index in [2.05, 4.69) is 15.9 Å². The first-order chi connectivity index (χ1) is 10.1. The summed E-state index contributed by atoms with van der Waals surface area (Å²) in [5.74, 6) is 0.438. The molecule has 0 radical (unpaired) electrons. The first-order valence-corrected chi connectivity index (χ1v) is 6.99. The van der Waals surface area contributed by atoms with Crippen molar-refractivity contribution >= 4 is 26.9 Å². The third kappa shape index (κ3) is 2.40. The van der Waals surface area contributed by atoms with Gasteiger partial charge in [0.2, 0.25) is 11.2 Å². The van der Waals surface area contributed by atoms with E-state index in [4.69, 9.17) is 9.15 Å². The van der Waals surface area contributed by atoms with Crippen molar-refractivity contribution in [2.75, 3.05) is 7.11 Å². The molecule has 0 aliphatic rings. The molecule has 1 N–H and O–H groups in total. The molecule has 2 aromatic carbocycles. The topological polar surface area (TPSA) is 59.7 Å². The van der Waals surface area contributed by atoms with Crippen molar-refractivity contribution in [2.45, 2.75) is 0 Å². The molecule has 0 unspecified atom stereocenters. The molecule has 3 aromatic rings. The first kappa shape index (κ1) is 13.7. The van der Waals surface area contributed by atoms with Crippen molar-refractivity contribution < 1.29 is 14.3 Å². The molecule has 0 aliphatic heterocycles. The molecule has 4 nitrogen and oxygen atoms in total. The van der Waals surface area contributed by atoms with E-state index in [0.717, 1.165) is 4.47 Å². The largest absolute Gasteiger partial charge is 0.502 e. The van der Waals surface area contributed by atoms with Crippen LogP contribution in [-0.4, -0.2) is 12.2 Å². The highest BCUT2D eigenvalue weighted by atomic mass is 79.9. The second-order valence-corrected chi connectivity index (χ2v) is 5.39. The second-order valence-electron chi connectivity index (χ2n) is 4.48. The standard InChI is InChI=1S/C16H11BrO4/c1-20-11-5-2-9(3-6-11)16-15(19)14(18)12-8-10(17)4-7-13(12)21-16/h2-8,19H,1H3. The molecule has 0 fully saturated rings. The lowest BCUT2D eigenvalue weighted by atomic mass is 10.1. The summed E-state index contributed by atoms with van der Waals surface area (Å²) in [7, 11) is 1.57. The average Bonchev–Trinajstić information content (AvgIpc) is 2.51. The molecule has 106 valence electrons.